The van der Waals surface area contributed by atoms with Crippen molar-refractivity contribution in [2.45, 2.75) is 6.92 Å². The van der Waals surface area contributed by atoms with E-state index in [-0.39, 0.29) is 10.7 Å². The average molecular weight is 240 g/mol. The molecular formula is C9H6ClN3OS. The van der Waals surface area contributed by atoms with Gasteiger partial charge in [0.05, 0.1) is 5.56 Å². The van der Waals surface area contributed by atoms with Gasteiger partial charge in [0.2, 0.25) is 0 Å². The van der Waals surface area contributed by atoms with Crippen molar-refractivity contribution in [1.29, 1.82) is 0 Å². The Balaban J connectivity index is 2.52. The summed E-state index contributed by atoms with van der Waals surface area (Å²) >= 11 is 7.13. The van der Waals surface area contributed by atoms with Crippen LogP contribution in [0.1, 0.15) is 15.9 Å². The molecular weight excluding hydrogens is 234 g/mol. The standard InChI is InChI=1S/C9H6ClN3OS/c1-5-4-15-13-7(5)9-11-2-6(3-14)8(10)12-9/h2-4H,1H3. The van der Waals surface area contributed by atoms with Gasteiger partial charge in [-0.05, 0) is 24.0 Å². The van der Waals surface area contributed by atoms with Crippen LogP contribution in [0.3, 0.4) is 0 Å². The van der Waals surface area contributed by atoms with Gasteiger partial charge in [-0.3, -0.25) is 4.79 Å². The van der Waals surface area contributed by atoms with E-state index in [1.807, 2.05) is 12.3 Å². The topological polar surface area (TPSA) is 55.7 Å². The van der Waals surface area contributed by atoms with Crippen LogP contribution in [-0.4, -0.2) is 20.6 Å². The lowest BCUT2D eigenvalue weighted by atomic mass is 10.2. The van der Waals surface area contributed by atoms with Crippen LogP contribution in [0.15, 0.2) is 11.6 Å². The molecule has 0 amide bonds. The maximum atomic E-state index is 10.5. The molecule has 4 nitrogen and oxygen atoms in total. The van der Waals surface area contributed by atoms with Crippen LogP contribution in [0.2, 0.25) is 5.15 Å². The molecule has 0 aliphatic carbocycles. The van der Waals surface area contributed by atoms with Crippen molar-refractivity contribution in [1.82, 2.24) is 14.3 Å². The van der Waals surface area contributed by atoms with Crippen LogP contribution in [-0.2, 0) is 0 Å². The molecule has 0 aromatic carbocycles. The highest BCUT2D eigenvalue weighted by Gasteiger charge is 2.10. The monoisotopic (exact) mass is 239 g/mol. The second-order valence-electron chi connectivity index (χ2n) is 2.90. The van der Waals surface area contributed by atoms with Gasteiger partial charge in [-0.2, -0.15) is 4.37 Å². The van der Waals surface area contributed by atoms with Crippen molar-refractivity contribution in [2.75, 3.05) is 0 Å². The fraction of sp³-hybridized carbons (Fsp3) is 0.111. The molecule has 2 aromatic rings. The van der Waals surface area contributed by atoms with E-state index in [4.69, 9.17) is 11.6 Å². The molecule has 0 saturated heterocycles. The van der Waals surface area contributed by atoms with Gasteiger partial charge in [0.25, 0.3) is 0 Å². The van der Waals surface area contributed by atoms with E-state index in [0.29, 0.717) is 17.8 Å². The molecule has 0 aliphatic rings. The van der Waals surface area contributed by atoms with Crippen molar-refractivity contribution in [3.05, 3.63) is 27.9 Å². The van der Waals surface area contributed by atoms with Crippen LogP contribution < -0.4 is 0 Å². The van der Waals surface area contributed by atoms with Gasteiger partial charge in [0.1, 0.15) is 10.8 Å². The Morgan fingerprint density at radius 3 is 2.87 bits per heavy atom. The number of carbonyl (C=O) groups is 1. The third kappa shape index (κ3) is 1.88. The lowest BCUT2D eigenvalue weighted by Gasteiger charge is -1.99. The molecule has 0 atom stereocenters. The van der Waals surface area contributed by atoms with Crippen molar-refractivity contribution in [3.8, 4) is 11.5 Å². The number of carbonyl (C=O) groups excluding carboxylic acids is 1. The van der Waals surface area contributed by atoms with Gasteiger partial charge in [-0.25, -0.2) is 9.97 Å². The molecule has 0 aliphatic heterocycles. The summed E-state index contributed by atoms with van der Waals surface area (Å²) in [5.41, 5.74) is 1.99. The third-order valence-electron chi connectivity index (χ3n) is 1.85. The molecule has 0 N–H and O–H groups in total. The zero-order valence-electron chi connectivity index (χ0n) is 7.77. The number of aldehydes is 1. The molecule has 0 radical (unpaired) electrons. The quantitative estimate of drug-likeness (QED) is 0.596. The molecule has 0 saturated carbocycles. The highest BCUT2D eigenvalue weighted by Crippen LogP contribution is 2.21. The molecule has 0 unspecified atom stereocenters. The summed E-state index contributed by atoms with van der Waals surface area (Å²) in [6.45, 7) is 1.92. The second kappa shape index (κ2) is 4.04. The van der Waals surface area contributed by atoms with Gasteiger partial charge < -0.3 is 0 Å². The van der Waals surface area contributed by atoms with Gasteiger partial charge in [0.15, 0.2) is 12.1 Å². The Morgan fingerprint density at radius 1 is 1.53 bits per heavy atom. The van der Waals surface area contributed by atoms with E-state index in [0.717, 1.165) is 5.56 Å². The maximum absolute atomic E-state index is 10.5. The fourth-order valence-electron chi connectivity index (χ4n) is 1.07. The predicted octanol–water partition coefficient (Wildman–Crippen LogP) is 2.37. The van der Waals surface area contributed by atoms with Crippen LogP contribution in [0.5, 0.6) is 0 Å². The minimum absolute atomic E-state index is 0.155. The van der Waals surface area contributed by atoms with Crippen molar-refractivity contribution >= 4 is 29.4 Å². The Labute approximate surface area is 95.1 Å². The predicted molar refractivity (Wildman–Crippen MR) is 58.3 cm³/mol. The summed E-state index contributed by atoms with van der Waals surface area (Å²) in [5, 5.41) is 2.06. The van der Waals surface area contributed by atoms with E-state index in [9.17, 15) is 4.79 Å². The first-order valence-corrected chi connectivity index (χ1v) is 5.33. The lowest BCUT2D eigenvalue weighted by Crippen LogP contribution is -1.94. The zero-order chi connectivity index (χ0) is 10.8. The van der Waals surface area contributed by atoms with Crippen LogP contribution in [0.4, 0.5) is 0 Å². The first-order chi connectivity index (χ1) is 7.22. The molecule has 2 aromatic heterocycles. The Morgan fingerprint density at radius 2 is 2.33 bits per heavy atom. The smallest absolute Gasteiger partial charge is 0.180 e. The zero-order valence-corrected chi connectivity index (χ0v) is 9.34. The summed E-state index contributed by atoms with van der Waals surface area (Å²) in [6, 6.07) is 0. The second-order valence-corrected chi connectivity index (χ2v) is 3.89. The number of hydrogen-bond acceptors (Lipinski definition) is 5. The summed E-state index contributed by atoms with van der Waals surface area (Å²) < 4.78 is 4.15. The lowest BCUT2D eigenvalue weighted by molar-refractivity contribution is 0.112. The minimum Gasteiger partial charge on any atom is -0.298 e. The molecule has 76 valence electrons. The van der Waals surface area contributed by atoms with Crippen LogP contribution >= 0.6 is 23.1 Å². The summed E-state index contributed by atoms with van der Waals surface area (Å²) in [4.78, 5) is 18.6. The Bertz CT molecular complexity index is 512. The van der Waals surface area contributed by atoms with Gasteiger partial charge >= 0.3 is 0 Å². The van der Waals surface area contributed by atoms with Gasteiger partial charge in [-0.1, -0.05) is 11.6 Å². The van der Waals surface area contributed by atoms with Crippen molar-refractivity contribution in [2.24, 2.45) is 0 Å². The van der Waals surface area contributed by atoms with Crippen molar-refractivity contribution < 1.29 is 4.79 Å². The maximum Gasteiger partial charge on any atom is 0.180 e. The molecule has 6 heteroatoms. The van der Waals surface area contributed by atoms with E-state index in [1.54, 1.807) is 0 Å². The fourth-order valence-corrected chi connectivity index (χ4v) is 1.89. The van der Waals surface area contributed by atoms with E-state index >= 15 is 0 Å². The van der Waals surface area contributed by atoms with E-state index < -0.39 is 0 Å². The Hall–Kier alpha value is -1.33. The molecule has 2 rings (SSSR count). The van der Waals surface area contributed by atoms with E-state index in [1.165, 1.54) is 17.7 Å². The summed E-state index contributed by atoms with van der Waals surface area (Å²) in [5.74, 6) is 0.448. The number of rotatable bonds is 2. The van der Waals surface area contributed by atoms with Gasteiger partial charge in [0, 0.05) is 11.6 Å². The highest BCUT2D eigenvalue weighted by atomic mass is 35.5. The molecule has 2 heterocycles. The van der Waals surface area contributed by atoms with E-state index in [2.05, 4.69) is 14.3 Å². The minimum atomic E-state index is 0.155. The third-order valence-corrected chi connectivity index (χ3v) is 2.90. The van der Waals surface area contributed by atoms with Crippen molar-refractivity contribution in [3.63, 3.8) is 0 Å². The highest BCUT2D eigenvalue weighted by molar-refractivity contribution is 7.04. The largest absolute Gasteiger partial charge is 0.298 e. The SMILES string of the molecule is Cc1csnc1-c1ncc(C=O)c(Cl)n1. The Kier molecular flexibility index (Phi) is 2.75. The molecule has 0 spiro atoms. The van der Waals surface area contributed by atoms with Crippen LogP contribution in [0, 0.1) is 6.92 Å². The summed E-state index contributed by atoms with van der Waals surface area (Å²) in [7, 11) is 0. The number of aryl methyl sites for hydroxylation is 1. The first-order valence-electron chi connectivity index (χ1n) is 4.11. The normalized spacial score (nSPS) is 10.3. The average Bonchev–Trinajstić information content (AvgIpc) is 2.64. The number of aromatic nitrogens is 3. The number of halogens is 1. The number of hydrogen-bond donors (Lipinski definition) is 0. The molecule has 15 heavy (non-hydrogen) atoms. The molecule has 0 bridgehead atoms. The first kappa shape index (κ1) is 10.2. The molecule has 0 fully saturated rings. The number of nitrogens with zero attached hydrogens (tertiary/aromatic N) is 3. The summed E-state index contributed by atoms with van der Waals surface area (Å²) in [6.07, 6.45) is 2.02. The van der Waals surface area contributed by atoms with Crippen LogP contribution in [0.25, 0.3) is 11.5 Å². The van der Waals surface area contributed by atoms with Gasteiger partial charge in [-0.15, -0.1) is 0 Å².